The summed E-state index contributed by atoms with van der Waals surface area (Å²) in [7, 11) is 0. The third kappa shape index (κ3) is 3.30. The fourth-order valence-corrected chi connectivity index (χ4v) is 4.40. The summed E-state index contributed by atoms with van der Waals surface area (Å²) >= 11 is 1.54. The molecule has 2 aliphatic heterocycles. The number of nitrogens with one attached hydrogen (secondary N) is 2. The van der Waals surface area contributed by atoms with E-state index in [2.05, 4.69) is 15.5 Å². The first-order chi connectivity index (χ1) is 11.6. The van der Waals surface area contributed by atoms with Gasteiger partial charge in [0.2, 0.25) is 5.91 Å². The van der Waals surface area contributed by atoms with Crippen molar-refractivity contribution in [1.29, 1.82) is 0 Å². The predicted octanol–water partition coefficient (Wildman–Crippen LogP) is 2.48. The molecular weight excluding hydrogens is 322 g/mol. The zero-order valence-electron chi connectivity index (χ0n) is 13.9. The van der Waals surface area contributed by atoms with E-state index in [1.807, 2.05) is 19.1 Å². The smallest absolute Gasteiger partial charge is 0.251 e. The molecule has 128 valence electrons. The second-order valence-corrected chi connectivity index (χ2v) is 8.36. The Kier molecular flexibility index (Phi) is 4.26. The van der Waals surface area contributed by atoms with Crippen LogP contribution in [-0.2, 0) is 4.79 Å². The summed E-state index contributed by atoms with van der Waals surface area (Å²) in [6.45, 7) is 4.06. The summed E-state index contributed by atoms with van der Waals surface area (Å²) in [6.07, 6.45) is 4.73. The Morgan fingerprint density at radius 1 is 1.25 bits per heavy atom. The number of amides is 2. The maximum absolute atomic E-state index is 12.5. The van der Waals surface area contributed by atoms with Gasteiger partial charge in [0.1, 0.15) is 0 Å². The number of rotatable bonds is 3. The van der Waals surface area contributed by atoms with Crippen molar-refractivity contribution in [3.05, 3.63) is 23.8 Å². The fourth-order valence-electron chi connectivity index (χ4n) is 3.47. The Labute approximate surface area is 146 Å². The third-order valence-corrected chi connectivity index (χ3v) is 6.28. The van der Waals surface area contributed by atoms with E-state index in [4.69, 9.17) is 0 Å². The van der Waals surface area contributed by atoms with Gasteiger partial charge in [-0.3, -0.25) is 9.59 Å². The molecule has 0 aromatic heterocycles. The second-order valence-electron chi connectivity index (χ2n) is 6.98. The van der Waals surface area contributed by atoms with Crippen LogP contribution in [0.3, 0.4) is 0 Å². The number of carbonyl (C=O) groups is 2. The molecule has 24 heavy (non-hydrogen) atoms. The van der Waals surface area contributed by atoms with Crippen molar-refractivity contribution < 1.29 is 9.59 Å². The van der Waals surface area contributed by atoms with Gasteiger partial charge in [-0.15, -0.1) is 11.8 Å². The van der Waals surface area contributed by atoms with Crippen molar-refractivity contribution in [2.24, 2.45) is 0 Å². The molecule has 1 aromatic rings. The maximum atomic E-state index is 12.5. The van der Waals surface area contributed by atoms with E-state index in [0.717, 1.165) is 42.6 Å². The normalized spacial score (nSPS) is 25.0. The molecule has 1 aliphatic carbocycles. The van der Waals surface area contributed by atoms with Crippen molar-refractivity contribution in [3.8, 4) is 0 Å². The SMILES string of the molecule is CC1Sc2ccc(C(=O)NC3CCN(C4CC4)CC3)cc2NC1=O. The highest BCUT2D eigenvalue weighted by Crippen LogP contribution is 2.36. The van der Waals surface area contributed by atoms with Gasteiger partial charge in [0, 0.05) is 35.6 Å². The molecule has 1 unspecified atom stereocenters. The average molecular weight is 345 g/mol. The van der Waals surface area contributed by atoms with Crippen molar-refractivity contribution in [1.82, 2.24) is 10.2 Å². The monoisotopic (exact) mass is 345 g/mol. The molecule has 0 spiro atoms. The number of likely N-dealkylation sites (tertiary alicyclic amines) is 1. The number of anilines is 1. The Morgan fingerprint density at radius 2 is 2.00 bits per heavy atom. The van der Waals surface area contributed by atoms with Crippen LogP contribution in [0.15, 0.2) is 23.1 Å². The first-order valence-corrected chi connectivity index (χ1v) is 9.64. The van der Waals surface area contributed by atoms with Gasteiger partial charge in [-0.25, -0.2) is 0 Å². The molecule has 2 N–H and O–H groups in total. The van der Waals surface area contributed by atoms with Crippen LogP contribution in [0.5, 0.6) is 0 Å². The minimum Gasteiger partial charge on any atom is -0.349 e. The molecule has 0 bridgehead atoms. The maximum Gasteiger partial charge on any atom is 0.251 e. The Balaban J connectivity index is 1.38. The Hall–Kier alpha value is -1.53. The molecule has 4 rings (SSSR count). The molecule has 1 saturated heterocycles. The lowest BCUT2D eigenvalue weighted by Gasteiger charge is -2.32. The lowest BCUT2D eigenvalue weighted by Crippen LogP contribution is -2.45. The zero-order valence-corrected chi connectivity index (χ0v) is 14.7. The molecule has 1 atom stereocenters. The van der Waals surface area contributed by atoms with Crippen LogP contribution in [0.25, 0.3) is 0 Å². The Morgan fingerprint density at radius 3 is 2.71 bits per heavy atom. The summed E-state index contributed by atoms with van der Waals surface area (Å²) in [4.78, 5) is 27.9. The number of nitrogens with zero attached hydrogens (tertiary/aromatic N) is 1. The quantitative estimate of drug-likeness (QED) is 0.883. The highest BCUT2D eigenvalue weighted by molar-refractivity contribution is 8.00. The number of piperidine rings is 1. The molecule has 0 radical (unpaired) electrons. The highest BCUT2D eigenvalue weighted by Gasteiger charge is 2.32. The molecule has 5 nitrogen and oxygen atoms in total. The number of hydrogen-bond donors (Lipinski definition) is 2. The van der Waals surface area contributed by atoms with Crippen molar-refractivity contribution in [2.45, 2.75) is 54.8 Å². The van der Waals surface area contributed by atoms with E-state index in [-0.39, 0.29) is 23.1 Å². The van der Waals surface area contributed by atoms with Crippen LogP contribution in [-0.4, -0.2) is 47.1 Å². The lowest BCUT2D eigenvalue weighted by atomic mass is 10.0. The molecular formula is C18H23N3O2S. The van der Waals surface area contributed by atoms with Crippen molar-refractivity contribution >= 4 is 29.3 Å². The van der Waals surface area contributed by atoms with Crippen LogP contribution < -0.4 is 10.6 Å². The molecule has 6 heteroatoms. The van der Waals surface area contributed by atoms with Gasteiger partial charge < -0.3 is 15.5 Å². The van der Waals surface area contributed by atoms with Crippen LogP contribution >= 0.6 is 11.8 Å². The number of carbonyl (C=O) groups excluding carboxylic acids is 2. The third-order valence-electron chi connectivity index (χ3n) is 5.10. The first kappa shape index (κ1) is 16.0. The minimum atomic E-state index is -0.0890. The molecule has 1 saturated carbocycles. The number of hydrogen-bond acceptors (Lipinski definition) is 4. The van der Waals surface area contributed by atoms with E-state index >= 15 is 0 Å². The molecule has 2 heterocycles. The predicted molar refractivity (Wildman–Crippen MR) is 95.5 cm³/mol. The van der Waals surface area contributed by atoms with Gasteiger partial charge in [-0.05, 0) is 50.8 Å². The fraction of sp³-hybridized carbons (Fsp3) is 0.556. The molecule has 3 aliphatic rings. The average Bonchev–Trinajstić information content (AvgIpc) is 3.41. The van der Waals surface area contributed by atoms with E-state index < -0.39 is 0 Å². The van der Waals surface area contributed by atoms with E-state index in [1.165, 1.54) is 24.6 Å². The number of fused-ring (bicyclic) bond motifs is 1. The van der Waals surface area contributed by atoms with Gasteiger partial charge in [0.15, 0.2) is 0 Å². The minimum absolute atomic E-state index is 0.00231. The number of thioether (sulfide) groups is 1. The van der Waals surface area contributed by atoms with Gasteiger partial charge in [-0.1, -0.05) is 0 Å². The van der Waals surface area contributed by atoms with E-state index in [9.17, 15) is 9.59 Å². The van der Waals surface area contributed by atoms with Crippen LogP contribution in [0.2, 0.25) is 0 Å². The summed E-state index contributed by atoms with van der Waals surface area (Å²) in [5.41, 5.74) is 1.37. The van der Waals surface area contributed by atoms with E-state index in [1.54, 1.807) is 6.07 Å². The van der Waals surface area contributed by atoms with Crippen LogP contribution in [0.4, 0.5) is 5.69 Å². The largest absolute Gasteiger partial charge is 0.349 e. The standard InChI is InChI=1S/C18H23N3O2S/c1-11-17(22)20-15-10-12(2-5-16(15)24-11)18(23)19-13-6-8-21(9-7-13)14-3-4-14/h2,5,10-11,13-14H,3-4,6-9H2,1H3,(H,19,23)(H,20,22). The van der Waals surface area contributed by atoms with Gasteiger partial charge in [0.25, 0.3) is 5.91 Å². The summed E-state index contributed by atoms with van der Waals surface area (Å²) < 4.78 is 0. The zero-order chi connectivity index (χ0) is 16.7. The second kappa shape index (κ2) is 6.41. The topological polar surface area (TPSA) is 61.4 Å². The summed E-state index contributed by atoms with van der Waals surface area (Å²) in [6, 6.07) is 6.64. The lowest BCUT2D eigenvalue weighted by molar-refractivity contribution is -0.115. The van der Waals surface area contributed by atoms with Crippen molar-refractivity contribution in [2.75, 3.05) is 18.4 Å². The molecule has 1 aromatic carbocycles. The van der Waals surface area contributed by atoms with E-state index in [0.29, 0.717) is 5.56 Å². The first-order valence-electron chi connectivity index (χ1n) is 8.76. The van der Waals surface area contributed by atoms with Gasteiger partial charge >= 0.3 is 0 Å². The van der Waals surface area contributed by atoms with Crippen LogP contribution in [0, 0.1) is 0 Å². The number of benzene rings is 1. The summed E-state index contributed by atoms with van der Waals surface area (Å²) in [5.74, 6) is -0.0435. The summed E-state index contributed by atoms with van der Waals surface area (Å²) in [5, 5.41) is 5.95. The van der Waals surface area contributed by atoms with Gasteiger partial charge in [-0.2, -0.15) is 0 Å². The molecule has 2 fully saturated rings. The molecule has 2 amide bonds. The Bertz CT molecular complexity index is 666. The van der Waals surface area contributed by atoms with Gasteiger partial charge in [0.05, 0.1) is 10.9 Å². The highest BCUT2D eigenvalue weighted by atomic mass is 32.2. The van der Waals surface area contributed by atoms with Crippen molar-refractivity contribution in [3.63, 3.8) is 0 Å². The van der Waals surface area contributed by atoms with Crippen LogP contribution in [0.1, 0.15) is 43.0 Å².